The van der Waals surface area contributed by atoms with Gasteiger partial charge < -0.3 is 4.84 Å². The summed E-state index contributed by atoms with van der Waals surface area (Å²) >= 11 is 1.11. The molecule has 1 rings (SSSR count). The lowest BCUT2D eigenvalue weighted by atomic mass is 10.4. The van der Waals surface area contributed by atoms with Crippen LogP contribution in [-0.2, 0) is 15.6 Å². The molecule has 20 heavy (non-hydrogen) atoms. The number of aromatic nitrogens is 1. The van der Waals surface area contributed by atoms with Crippen molar-refractivity contribution in [1.82, 2.24) is 4.98 Å². The summed E-state index contributed by atoms with van der Waals surface area (Å²) in [7, 11) is -1.62. The van der Waals surface area contributed by atoms with Crippen LogP contribution in [0.3, 0.4) is 0 Å². The molecule has 1 heterocycles. The molecule has 1 aromatic heterocycles. The van der Waals surface area contributed by atoms with E-state index in [9.17, 15) is 17.4 Å². The Kier molecular flexibility index (Phi) is 6.86. The summed E-state index contributed by atoms with van der Waals surface area (Å²) in [6.07, 6.45) is -1.48. The van der Waals surface area contributed by atoms with E-state index < -0.39 is 29.1 Å². The Morgan fingerprint density at radius 3 is 2.80 bits per heavy atom. The summed E-state index contributed by atoms with van der Waals surface area (Å²) in [5.41, 5.74) is 0.577. The number of rotatable bonds is 7. The van der Waals surface area contributed by atoms with Crippen molar-refractivity contribution in [2.45, 2.75) is 24.6 Å². The van der Waals surface area contributed by atoms with Crippen LogP contribution in [-0.4, -0.2) is 27.3 Å². The van der Waals surface area contributed by atoms with Gasteiger partial charge in [0.15, 0.2) is 10.2 Å². The molecule has 0 bridgehead atoms. The van der Waals surface area contributed by atoms with Crippen molar-refractivity contribution in [2.24, 2.45) is 5.16 Å². The Bertz CT molecular complexity index is 540. The molecule has 0 saturated heterocycles. The van der Waals surface area contributed by atoms with Gasteiger partial charge in [0.05, 0.1) is 21.4 Å². The Hall–Kier alpha value is -1.22. The van der Waals surface area contributed by atoms with Gasteiger partial charge in [-0.2, -0.15) is 8.78 Å². The van der Waals surface area contributed by atoms with Gasteiger partial charge in [0.25, 0.3) is 0 Å². The molecular formula is C11H13F3N2O2S2. The van der Waals surface area contributed by atoms with Gasteiger partial charge in [-0.3, -0.25) is 4.21 Å². The first kappa shape index (κ1) is 16.8. The van der Waals surface area contributed by atoms with E-state index in [-0.39, 0.29) is 10.1 Å². The van der Waals surface area contributed by atoms with Gasteiger partial charge in [-0.05, 0) is 13.8 Å². The number of nitrogens with zero attached hydrogens (tertiary/aromatic N) is 2. The van der Waals surface area contributed by atoms with Gasteiger partial charge in [0, 0.05) is 18.4 Å². The normalized spacial score (nSPS) is 13.2. The van der Waals surface area contributed by atoms with Crippen LogP contribution in [0.1, 0.15) is 25.1 Å². The summed E-state index contributed by atoms with van der Waals surface area (Å²) in [6, 6.07) is 0. The van der Waals surface area contributed by atoms with Crippen molar-refractivity contribution in [1.29, 1.82) is 0 Å². The van der Waals surface area contributed by atoms with Crippen LogP contribution in [0, 0.1) is 0 Å². The standard InChI is InChI=1S/C11H13F3N2O2S2/c1-3-18-16-7(2)9-6-15-11(19-9)20(17)5-4-8(12)10(13)14/h6H,3-5H2,1-2H3/b16-7-. The van der Waals surface area contributed by atoms with E-state index >= 15 is 0 Å². The SMILES string of the molecule is CCO/N=C(/C)c1cnc(S(=O)CCC(F)=C(F)F)s1. The molecule has 0 aliphatic rings. The van der Waals surface area contributed by atoms with E-state index in [1.165, 1.54) is 6.20 Å². The lowest BCUT2D eigenvalue weighted by Crippen LogP contribution is -1.98. The van der Waals surface area contributed by atoms with Crippen LogP contribution >= 0.6 is 11.3 Å². The summed E-state index contributed by atoms with van der Waals surface area (Å²) in [5, 5.41) is 3.80. The van der Waals surface area contributed by atoms with E-state index in [4.69, 9.17) is 4.84 Å². The van der Waals surface area contributed by atoms with Crippen LogP contribution < -0.4 is 0 Å². The molecule has 0 amide bonds. The van der Waals surface area contributed by atoms with Gasteiger partial charge in [-0.25, -0.2) is 9.37 Å². The van der Waals surface area contributed by atoms with Crippen LogP contribution in [0.5, 0.6) is 0 Å². The molecule has 0 aliphatic heterocycles. The molecule has 9 heteroatoms. The highest BCUT2D eigenvalue weighted by atomic mass is 32.2. The highest BCUT2D eigenvalue weighted by molar-refractivity contribution is 7.87. The third-order valence-electron chi connectivity index (χ3n) is 2.08. The second-order valence-electron chi connectivity index (χ2n) is 3.55. The minimum atomic E-state index is -2.37. The van der Waals surface area contributed by atoms with Crippen LogP contribution in [0.15, 0.2) is 27.6 Å². The van der Waals surface area contributed by atoms with Crippen LogP contribution in [0.25, 0.3) is 0 Å². The molecule has 1 unspecified atom stereocenters. The maximum absolute atomic E-state index is 12.6. The molecule has 112 valence electrons. The highest BCUT2D eigenvalue weighted by Crippen LogP contribution is 2.20. The van der Waals surface area contributed by atoms with E-state index in [0.717, 1.165) is 11.3 Å². The first-order valence-electron chi connectivity index (χ1n) is 5.66. The minimum absolute atomic E-state index is 0.238. The molecule has 0 aliphatic carbocycles. The van der Waals surface area contributed by atoms with Crippen molar-refractivity contribution in [3.63, 3.8) is 0 Å². The molecule has 0 aromatic carbocycles. The Morgan fingerprint density at radius 1 is 1.50 bits per heavy atom. The minimum Gasteiger partial charge on any atom is -0.396 e. The third kappa shape index (κ3) is 5.04. The zero-order valence-corrected chi connectivity index (χ0v) is 12.5. The lowest BCUT2D eigenvalue weighted by Gasteiger charge is -1.97. The average Bonchev–Trinajstić information content (AvgIpc) is 2.91. The number of hydrogen-bond donors (Lipinski definition) is 0. The average molecular weight is 326 g/mol. The van der Waals surface area contributed by atoms with E-state index in [0.29, 0.717) is 17.2 Å². The van der Waals surface area contributed by atoms with Crippen molar-refractivity contribution in [3.05, 3.63) is 23.0 Å². The number of hydrogen-bond acceptors (Lipinski definition) is 5. The molecule has 0 radical (unpaired) electrons. The zero-order valence-electron chi connectivity index (χ0n) is 10.9. The molecule has 0 N–H and O–H groups in total. The van der Waals surface area contributed by atoms with Crippen molar-refractivity contribution >= 4 is 27.8 Å². The summed E-state index contributed by atoms with van der Waals surface area (Å²) in [5.74, 6) is -1.78. The Labute approximate surface area is 120 Å². The number of oxime groups is 1. The van der Waals surface area contributed by atoms with Gasteiger partial charge in [0.1, 0.15) is 6.61 Å². The molecule has 1 aromatic rings. The van der Waals surface area contributed by atoms with E-state index in [1.54, 1.807) is 13.8 Å². The predicted molar refractivity (Wildman–Crippen MR) is 72.2 cm³/mol. The highest BCUT2D eigenvalue weighted by Gasteiger charge is 2.14. The molecule has 0 spiro atoms. The van der Waals surface area contributed by atoms with Crippen molar-refractivity contribution < 1.29 is 22.2 Å². The second kappa shape index (κ2) is 8.15. The second-order valence-corrected chi connectivity index (χ2v) is 6.32. The molecule has 0 fully saturated rings. The monoisotopic (exact) mass is 326 g/mol. The van der Waals surface area contributed by atoms with E-state index in [2.05, 4.69) is 10.1 Å². The molecule has 1 atom stereocenters. The Morgan fingerprint density at radius 2 is 2.20 bits per heavy atom. The molecule has 4 nitrogen and oxygen atoms in total. The zero-order chi connectivity index (χ0) is 15.1. The van der Waals surface area contributed by atoms with Crippen LogP contribution in [0.4, 0.5) is 13.2 Å². The molecule has 0 saturated carbocycles. The van der Waals surface area contributed by atoms with Gasteiger partial charge in [0.2, 0.25) is 0 Å². The van der Waals surface area contributed by atoms with Crippen LogP contribution in [0.2, 0.25) is 0 Å². The number of halogens is 3. The number of thiazole rings is 1. The smallest absolute Gasteiger partial charge is 0.301 e. The number of allylic oxidation sites excluding steroid dienone is 1. The van der Waals surface area contributed by atoms with Gasteiger partial charge in [-0.15, -0.1) is 11.3 Å². The van der Waals surface area contributed by atoms with Crippen molar-refractivity contribution in [3.8, 4) is 0 Å². The first-order valence-corrected chi connectivity index (χ1v) is 7.80. The van der Waals surface area contributed by atoms with Crippen molar-refractivity contribution in [2.75, 3.05) is 12.4 Å². The van der Waals surface area contributed by atoms with Gasteiger partial charge >= 0.3 is 6.08 Å². The quantitative estimate of drug-likeness (QED) is 0.569. The largest absolute Gasteiger partial charge is 0.396 e. The Balaban J connectivity index is 2.67. The predicted octanol–water partition coefficient (Wildman–Crippen LogP) is 3.48. The van der Waals surface area contributed by atoms with E-state index in [1.807, 2.05) is 0 Å². The fourth-order valence-corrected chi connectivity index (χ4v) is 3.29. The first-order chi connectivity index (χ1) is 9.45. The topological polar surface area (TPSA) is 51.6 Å². The maximum Gasteiger partial charge on any atom is 0.301 e. The summed E-state index contributed by atoms with van der Waals surface area (Å²) < 4.78 is 48.4. The third-order valence-corrected chi connectivity index (χ3v) is 4.86. The fraction of sp³-hybridized carbons (Fsp3) is 0.455. The van der Waals surface area contributed by atoms with Gasteiger partial charge in [-0.1, -0.05) is 5.16 Å². The lowest BCUT2D eigenvalue weighted by molar-refractivity contribution is 0.159. The fourth-order valence-electron chi connectivity index (χ4n) is 1.10. The molecular weight excluding hydrogens is 313 g/mol. The summed E-state index contributed by atoms with van der Waals surface area (Å²) in [4.78, 5) is 9.46. The maximum atomic E-state index is 12.6. The summed E-state index contributed by atoms with van der Waals surface area (Å²) in [6.45, 7) is 3.92.